The molecule has 2 bridgehead atoms. The second kappa shape index (κ2) is 6.55. The third-order valence-electron chi connectivity index (χ3n) is 5.37. The third kappa shape index (κ3) is 3.61. The van der Waals surface area contributed by atoms with Crippen LogP contribution in [0.4, 0.5) is 0 Å². The van der Waals surface area contributed by atoms with Crippen molar-refractivity contribution in [1.82, 2.24) is 4.90 Å². The SMILES string of the molecule is CC(C)=CCCC1(O)CC2CCC(C1)N2Cc1ccccc1. The number of allylic oxidation sites excluding steroid dienone is 2. The van der Waals surface area contributed by atoms with Crippen LogP contribution in [0.25, 0.3) is 0 Å². The standard InChI is InChI=1S/C20H29NO/c1-16(2)7-6-12-20(22)13-18-10-11-19(14-20)21(18)15-17-8-4-3-5-9-17/h3-5,7-9,18-19,22H,6,10-15H2,1-2H3. The highest BCUT2D eigenvalue weighted by Crippen LogP contribution is 2.43. The highest BCUT2D eigenvalue weighted by Gasteiger charge is 2.46. The zero-order valence-electron chi connectivity index (χ0n) is 14.0. The molecule has 0 spiro atoms. The molecule has 0 radical (unpaired) electrons. The molecule has 1 aromatic carbocycles. The Labute approximate surface area is 134 Å². The van der Waals surface area contributed by atoms with Gasteiger partial charge in [0.05, 0.1) is 5.60 Å². The lowest BCUT2D eigenvalue weighted by Gasteiger charge is -2.44. The number of hydrogen-bond acceptors (Lipinski definition) is 2. The molecule has 0 amide bonds. The number of nitrogens with zero attached hydrogens (tertiary/aromatic N) is 1. The van der Waals surface area contributed by atoms with Crippen LogP contribution in [-0.4, -0.2) is 27.7 Å². The predicted octanol–water partition coefficient (Wildman–Crippen LogP) is 4.29. The maximum absolute atomic E-state index is 11.0. The second-order valence-electron chi connectivity index (χ2n) is 7.50. The van der Waals surface area contributed by atoms with Crippen molar-refractivity contribution >= 4 is 0 Å². The molecular weight excluding hydrogens is 270 g/mol. The molecule has 2 heteroatoms. The molecule has 2 aliphatic heterocycles. The average Bonchev–Trinajstić information content (AvgIpc) is 2.72. The molecule has 2 saturated heterocycles. The predicted molar refractivity (Wildman–Crippen MR) is 91.6 cm³/mol. The Kier molecular flexibility index (Phi) is 4.70. The van der Waals surface area contributed by atoms with E-state index in [2.05, 4.69) is 55.2 Å². The summed E-state index contributed by atoms with van der Waals surface area (Å²) in [7, 11) is 0. The van der Waals surface area contributed by atoms with Crippen LogP contribution < -0.4 is 0 Å². The first-order valence-corrected chi connectivity index (χ1v) is 8.71. The molecule has 0 aromatic heterocycles. The molecule has 2 nitrogen and oxygen atoms in total. The molecule has 1 aromatic rings. The Morgan fingerprint density at radius 2 is 1.82 bits per heavy atom. The third-order valence-corrected chi connectivity index (χ3v) is 5.37. The molecule has 2 unspecified atom stereocenters. The molecule has 2 atom stereocenters. The molecule has 2 heterocycles. The largest absolute Gasteiger partial charge is 0.390 e. The Balaban J connectivity index is 1.62. The first kappa shape index (κ1) is 15.8. The number of rotatable bonds is 5. The summed E-state index contributed by atoms with van der Waals surface area (Å²) < 4.78 is 0. The Morgan fingerprint density at radius 1 is 1.18 bits per heavy atom. The van der Waals surface area contributed by atoms with Gasteiger partial charge in [0.15, 0.2) is 0 Å². The van der Waals surface area contributed by atoms with Crippen LogP contribution in [0.1, 0.15) is 57.9 Å². The number of fused-ring (bicyclic) bond motifs is 2. The molecule has 1 N–H and O–H groups in total. The quantitative estimate of drug-likeness (QED) is 0.820. The number of hydrogen-bond donors (Lipinski definition) is 1. The van der Waals surface area contributed by atoms with Crippen molar-refractivity contribution in [2.75, 3.05) is 0 Å². The molecule has 0 saturated carbocycles. The fraction of sp³-hybridized carbons (Fsp3) is 0.600. The van der Waals surface area contributed by atoms with Gasteiger partial charge in [-0.15, -0.1) is 0 Å². The van der Waals surface area contributed by atoms with E-state index in [0.29, 0.717) is 12.1 Å². The van der Waals surface area contributed by atoms with Gasteiger partial charge in [-0.05, 0) is 57.9 Å². The summed E-state index contributed by atoms with van der Waals surface area (Å²) >= 11 is 0. The van der Waals surface area contributed by atoms with Crippen LogP contribution in [0.15, 0.2) is 42.0 Å². The van der Waals surface area contributed by atoms with Crippen molar-refractivity contribution in [3.63, 3.8) is 0 Å². The number of aliphatic hydroxyl groups is 1. The van der Waals surface area contributed by atoms with Crippen LogP contribution in [0.2, 0.25) is 0 Å². The fourth-order valence-electron chi connectivity index (χ4n) is 4.30. The first-order valence-electron chi connectivity index (χ1n) is 8.71. The fourth-order valence-corrected chi connectivity index (χ4v) is 4.30. The van der Waals surface area contributed by atoms with Gasteiger partial charge >= 0.3 is 0 Å². The van der Waals surface area contributed by atoms with E-state index in [0.717, 1.165) is 32.2 Å². The van der Waals surface area contributed by atoms with Crippen molar-refractivity contribution in [3.8, 4) is 0 Å². The lowest BCUT2D eigenvalue weighted by Crippen LogP contribution is -2.50. The summed E-state index contributed by atoms with van der Waals surface area (Å²) in [6.07, 6.45) is 8.60. The normalized spacial score (nSPS) is 31.2. The minimum atomic E-state index is -0.440. The lowest BCUT2D eigenvalue weighted by molar-refractivity contribution is -0.0591. The topological polar surface area (TPSA) is 23.5 Å². The van der Waals surface area contributed by atoms with Gasteiger partial charge in [0.25, 0.3) is 0 Å². The summed E-state index contributed by atoms with van der Waals surface area (Å²) in [5, 5.41) is 11.0. The summed E-state index contributed by atoms with van der Waals surface area (Å²) in [5.41, 5.74) is 2.31. The molecule has 3 rings (SSSR count). The smallest absolute Gasteiger partial charge is 0.0680 e. The van der Waals surface area contributed by atoms with E-state index in [-0.39, 0.29) is 0 Å². The van der Waals surface area contributed by atoms with Crippen molar-refractivity contribution in [2.24, 2.45) is 0 Å². The van der Waals surface area contributed by atoms with Gasteiger partial charge in [0.2, 0.25) is 0 Å². The molecule has 0 aliphatic carbocycles. The van der Waals surface area contributed by atoms with Crippen molar-refractivity contribution in [2.45, 2.75) is 76.6 Å². The minimum Gasteiger partial charge on any atom is -0.390 e. The first-order chi connectivity index (χ1) is 10.6. The van der Waals surface area contributed by atoms with Gasteiger partial charge in [0, 0.05) is 18.6 Å². The Morgan fingerprint density at radius 3 is 2.41 bits per heavy atom. The summed E-state index contributed by atoms with van der Waals surface area (Å²) in [5.74, 6) is 0. The van der Waals surface area contributed by atoms with Crippen LogP contribution >= 0.6 is 0 Å². The molecule has 120 valence electrons. The highest BCUT2D eigenvalue weighted by molar-refractivity contribution is 5.16. The second-order valence-corrected chi connectivity index (χ2v) is 7.50. The van der Waals surface area contributed by atoms with E-state index in [4.69, 9.17) is 0 Å². The van der Waals surface area contributed by atoms with E-state index in [9.17, 15) is 5.11 Å². The van der Waals surface area contributed by atoms with Gasteiger partial charge in [-0.2, -0.15) is 0 Å². The van der Waals surface area contributed by atoms with E-state index in [1.807, 2.05) is 0 Å². The summed E-state index contributed by atoms with van der Waals surface area (Å²) in [4.78, 5) is 2.64. The summed E-state index contributed by atoms with van der Waals surface area (Å²) in [6.45, 7) is 5.31. The maximum atomic E-state index is 11.0. The maximum Gasteiger partial charge on any atom is 0.0680 e. The molecule has 2 fully saturated rings. The van der Waals surface area contributed by atoms with Crippen LogP contribution in [-0.2, 0) is 6.54 Å². The van der Waals surface area contributed by atoms with E-state index >= 15 is 0 Å². The Bertz CT molecular complexity index is 504. The van der Waals surface area contributed by atoms with Crippen LogP contribution in [0.5, 0.6) is 0 Å². The van der Waals surface area contributed by atoms with Crippen molar-refractivity contribution < 1.29 is 5.11 Å². The van der Waals surface area contributed by atoms with E-state index in [1.54, 1.807) is 0 Å². The van der Waals surface area contributed by atoms with Crippen molar-refractivity contribution in [1.29, 1.82) is 0 Å². The summed E-state index contributed by atoms with van der Waals surface area (Å²) in [6, 6.07) is 11.9. The van der Waals surface area contributed by atoms with Gasteiger partial charge in [-0.1, -0.05) is 42.0 Å². The zero-order chi connectivity index (χ0) is 15.6. The van der Waals surface area contributed by atoms with Gasteiger partial charge in [0.1, 0.15) is 0 Å². The Hall–Kier alpha value is -1.12. The highest BCUT2D eigenvalue weighted by atomic mass is 16.3. The van der Waals surface area contributed by atoms with Gasteiger partial charge in [-0.25, -0.2) is 0 Å². The number of benzene rings is 1. The number of piperidine rings is 1. The molecule has 2 aliphatic rings. The average molecular weight is 299 g/mol. The zero-order valence-corrected chi connectivity index (χ0v) is 14.0. The molecule has 22 heavy (non-hydrogen) atoms. The minimum absolute atomic E-state index is 0.440. The van der Waals surface area contributed by atoms with Gasteiger partial charge < -0.3 is 5.11 Å². The van der Waals surface area contributed by atoms with Crippen LogP contribution in [0.3, 0.4) is 0 Å². The molecular formula is C20H29NO. The lowest BCUT2D eigenvalue weighted by atomic mass is 9.82. The van der Waals surface area contributed by atoms with E-state index in [1.165, 1.54) is 24.0 Å². The monoisotopic (exact) mass is 299 g/mol. The van der Waals surface area contributed by atoms with Gasteiger partial charge in [-0.3, -0.25) is 4.90 Å². The van der Waals surface area contributed by atoms with Crippen LogP contribution in [0, 0.1) is 0 Å². The van der Waals surface area contributed by atoms with E-state index < -0.39 is 5.60 Å². The van der Waals surface area contributed by atoms with Crippen molar-refractivity contribution in [3.05, 3.63) is 47.5 Å².